The molecule has 1 aliphatic carbocycles. The van der Waals surface area contributed by atoms with Crippen LogP contribution in [0, 0.1) is 0 Å². The topological polar surface area (TPSA) is 146 Å². The van der Waals surface area contributed by atoms with Crippen LogP contribution in [0.15, 0.2) is 61.2 Å². The van der Waals surface area contributed by atoms with Crippen molar-refractivity contribution in [1.82, 2.24) is 29.8 Å². The Morgan fingerprint density at radius 2 is 1.95 bits per heavy atom. The Morgan fingerprint density at radius 3 is 2.72 bits per heavy atom. The number of carboxylic acids is 1. The van der Waals surface area contributed by atoms with E-state index in [0.29, 0.717) is 33.5 Å². The molecule has 2 aromatic carbocycles. The van der Waals surface area contributed by atoms with Gasteiger partial charge in [-0.3, -0.25) is 9.78 Å². The average molecular weight is 525 g/mol. The van der Waals surface area contributed by atoms with E-state index in [1.165, 1.54) is 6.42 Å². The Kier molecular flexibility index (Phi) is 6.44. The van der Waals surface area contributed by atoms with E-state index in [9.17, 15) is 19.8 Å². The van der Waals surface area contributed by atoms with Gasteiger partial charge in [-0.25, -0.2) is 14.8 Å². The van der Waals surface area contributed by atoms with Crippen molar-refractivity contribution in [3.05, 3.63) is 72.3 Å². The van der Waals surface area contributed by atoms with Gasteiger partial charge >= 0.3 is 5.97 Å². The number of phenols is 1. The fourth-order valence-corrected chi connectivity index (χ4v) is 5.54. The van der Waals surface area contributed by atoms with Gasteiger partial charge in [0.05, 0.1) is 17.2 Å². The van der Waals surface area contributed by atoms with Gasteiger partial charge in [-0.05, 0) is 54.8 Å². The second-order valence-corrected chi connectivity index (χ2v) is 10.0. The second kappa shape index (κ2) is 10.2. The molecule has 5 aromatic rings. The lowest BCUT2D eigenvalue weighted by molar-refractivity contribution is -0.139. The van der Waals surface area contributed by atoms with Gasteiger partial charge in [0.15, 0.2) is 5.82 Å². The van der Waals surface area contributed by atoms with Crippen LogP contribution in [0.5, 0.6) is 5.75 Å². The van der Waals surface area contributed by atoms with Crippen LogP contribution in [-0.4, -0.2) is 52.6 Å². The minimum atomic E-state index is -1.16. The molecule has 1 atom stereocenters. The first-order chi connectivity index (χ1) is 19.0. The Morgan fingerprint density at radius 1 is 1.10 bits per heavy atom. The predicted octanol–water partition coefficient (Wildman–Crippen LogP) is 4.61. The zero-order chi connectivity index (χ0) is 26.9. The molecular formula is C29H28N6O4. The van der Waals surface area contributed by atoms with Crippen molar-refractivity contribution in [3.8, 4) is 17.3 Å². The van der Waals surface area contributed by atoms with E-state index in [1.807, 2.05) is 6.07 Å². The molecule has 6 rings (SSSR count). The van der Waals surface area contributed by atoms with E-state index in [0.717, 1.165) is 36.7 Å². The Hall–Kier alpha value is -4.73. The lowest BCUT2D eigenvalue weighted by Gasteiger charge is -2.25. The number of fused-ring (bicyclic) bond motifs is 2. The maximum absolute atomic E-state index is 13.2. The molecule has 0 unspecified atom stereocenters. The number of hydrogen-bond donors (Lipinski definition) is 4. The first kappa shape index (κ1) is 24.6. The summed E-state index contributed by atoms with van der Waals surface area (Å²) in [6.45, 7) is 0. The summed E-state index contributed by atoms with van der Waals surface area (Å²) in [5, 5.41) is 23.1. The molecule has 198 valence electrons. The highest BCUT2D eigenvalue weighted by Gasteiger charge is 2.26. The molecule has 0 bridgehead atoms. The molecule has 1 saturated carbocycles. The van der Waals surface area contributed by atoms with Gasteiger partial charge < -0.3 is 25.1 Å². The van der Waals surface area contributed by atoms with Crippen molar-refractivity contribution in [3.63, 3.8) is 0 Å². The van der Waals surface area contributed by atoms with Crippen LogP contribution in [0.3, 0.4) is 0 Å². The number of nitrogens with zero attached hydrogens (tertiary/aromatic N) is 4. The predicted molar refractivity (Wildman–Crippen MR) is 145 cm³/mol. The monoisotopic (exact) mass is 524 g/mol. The van der Waals surface area contributed by atoms with Gasteiger partial charge in [0.1, 0.15) is 17.5 Å². The third kappa shape index (κ3) is 4.81. The zero-order valence-electron chi connectivity index (χ0n) is 21.2. The minimum absolute atomic E-state index is 0.0555. The lowest BCUT2D eigenvalue weighted by atomic mass is 9.95. The number of H-pyrrole nitrogens is 1. The summed E-state index contributed by atoms with van der Waals surface area (Å²) in [7, 11) is 0. The molecule has 3 aromatic heterocycles. The highest BCUT2D eigenvalue weighted by atomic mass is 16.4. The van der Waals surface area contributed by atoms with Gasteiger partial charge in [0, 0.05) is 47.5 Å². The Balaban J connectivity index is 1.30. The Labute approximate surface area is 223 Å². The van der Waals surface area contributed by atoms with E-state index < -0.39 is 17.9 Å². The molecule has 0 radical (unpaired) electrons. The van der Waals surface area contributed by atoms with Gasteiger partial charge in [-0.1, -0.05) is 19.3 Å². The quantitative estimate of drug-likeness (QED) is 0.243. The molecule has 1 amide bonds. The zero-order valence-corrected chi connectivity index (χ0v) is 21.2. The normalized spacial score (nSPS) is 15.0. The van der Waals surface area contributed by atoms with Crippen molar-refractivity contribution >= 4 is 33.8 Å². The van der Waals surface area contributed by atoms with Crippen molar-refractivity contribution in [2.45, 2.75) is 50.6 Å². The van der Waals surface area contributed by atoms with Gasteiger partial charge in [-0.15, -0.1) is 0 Å². The van der Waals surface area contributed by atoms with E-state index in [4.69, 9.17) is 4.98 Å². The molecule has 10 nitrogen and oxygen atoms in total. The summed E-state index contributed by atoms with van der Waals surface area (Å²) in [5.74, 6) is -0.847. The molecule has 0 spiro atoms. The third-order valence-electron chi connectivity index (χ3n) is 7.46. The number of carboxylic acid groups (broad SMARTS) is 1. The second-order valence-electron chi connectivity index (χ2n) is 10.0. The van der Waals surface area contributed by atoms with Gasteiger partial charge in [0.25, 0.3) is 5.91 Å². The molecule has 3 heterocycles. The van der Waals surface area contributed by atoms with Crippen LogP contribution in [-0.2, 0) is 11.2 Å². The minimum Gasteiger partial charge on any atom is -0.508 e. The number of benzene rings is 2. The molecule has 39 heavy (non-hydrogen) atoms. The first-order valence-corrected chi connectivity index (χ1v) is 13.1. The van der Waals surface area contributed by atoms with Crippen molar-refractivity contribution in [1.29, 1.82) is 0 Å². The summed E-state index contributed by atoms with van der Waals surface area (Å²) in [5.41, 5.74) is 4.01. The summed E-state index contributed by atoms with van der Waals surface area (Å²) >= 11 is 0. The third-order valence-corrected chi connectivity index (χ3v) is 7.46. The number of aromatic nitrogens is 5. The number of phenolic OH excluding ortho intramolecular Hbond substituents is 1. The van der Waals surface area contributed by atoms with E-state index in [-0.39, 0.29) is 18.2 Å². The smallest absolute Gasteiger partial charge is 0.326 e. The standard InChI is InChI=1S/C29H28N6O4/c36-20-7-8-22-21(14-20)18(15-32-22)13-24(29(38)39)34-28(37)17-6-9-26-23(12-17)33-27(25-16-30-10-11-31-25)35(26)19-4-2-1-3-5-19/h6-12,14-16,19,24,32,36H,1-5,13H2,(H,34,37)(H,38,39)/t24-/m0/s1. The number of aliphatic carboxylic acids is 1. The van der Waals surface area contributed by atoms with Crippen LogP contribution in [0.25, 0.3) is 33.5 Å². The number of aromatic hydroxyl groups is 1. The number of amides is 1. The number of rotatable bonds is 7. The summed E-state index contributed by atoms with van der Waals surface area (Å²) < 4.78 is 2.21. The van der Waals surface area contributed by atoms with Gasteiger partial charge in [0.2, 0.25) is 0 Å². The number of carbonyl (C=O) groups is 2. The highest BCUT2D eigenvalue weighted by molar-refractivity contribution is 5.99. The van der Waals surface area contributed by atoms with Crippen molar-refractivity contribution in [2.24, 2.45) is 0 Å². The van der Waals surface area contributed by atoms with Crippen molar-refractivity contribution in [2.75, 3.05) is 0 Å². The fourth-order valence-electron chi connectivity index (χ4n) is 5.54. The van der Waals surface area contributed by atoms with Crippen LogP contribution < -0.4 is 5.32 Å². The maximum Gasteiger partial charge on any atom is 0.326 e. The van der Waals surface area contributed by atoms with Crippen LogP contribution in [0.1, 0.15) is 54.1 Å². The first-order valence-electron chi connectivity index (χ1n) is 13.1. The number of carbonyl (C=O) groups excluding carboxylic acids is 1. The van der Waals surface area contributed by atoms with Crippen molar-refractivity contribution < 1.29 is 19.8 Å². The summed E-state index contributed by atoms with van der Waals surface area (Å²) in [4.78, 5) is 41.9. The number of aromatic amines is 1. The molecule has 0 saturated heterocycles. The maximum atomic E-state index is 13.2. The summed E-state index contributed by atoms with van der Waals surface area (Å²) in [6, 6.07) is 9.27. The molecule has 1 aliphatic rings. The number of imidazole rings is 1. The number of hydrogen-bond acceptors (Lipinski definition) is 6. The largest absolute Gasteiger partial charge is 0.508 e. The number of nitrogens with one attached hydrogen (secondary N) is 2. The van der Waals surface area contributed by atoms with Crippen LogP contribution >= 0.6 is 0 Å². The molecular weight excluding hydrogens is 496 g/mol. The van der Waals surface area contributed by atoms with E-state index in [2.05, 4.69) is 24.8 Å². The fraction of sp³-hybridized carbons (Fsp3) is 0.276. The molecule has 4 N–H and O–H groups in total. The van der Waals surface area contributed by atoms with Crippen LogP contribution in [0.2, 0.25) is 0 Å². The highest BCUT2D eigenvalue weighted by Crippen LogP contribution is 2.35. The van der Waals surface area contributed by atoms with Gasteiger partial charge in [-0.2, -0.15) is 0 Å². The van der Waals surface area contributed by atoms with Crippen LogP contribution in [0.4, 0.5) is 0 Å². The SMILES string of the molecule is O=C(N[C@@H](Cc1c[nH]c2ccc(O)cc12)C(=O)O)c1ccc2c(c1)nc(-c1cnccn1)n2C1CCCCC1. The molecule has 10 heteroatoms. The average Bonchev–Trinajstić information content (AvgIpc) is 3.54. The lowest BCUT2D eigenvalue weighted by Crippen LogP contribution is -2.42. The molecule has 0 aliphatic heterocycles. The molecule has 1 fully saturated rings. The van der Waals surface area contributed by atoms with E-state index in [1.54, 1.807) is 55.1 Å². The van der Waals surface area contributed by atoms with E-state index >= 15 is 0 Å². The Bertz CT molecular complexity index is 1670. The summed E-state index contributed by atoms with van der Waals surface area (Å²) in [6.07, 6.45) is 12.3.